The first kappa shape index (κ1) is 17.8. The third-order valence-corrected chi connectivity index (χ3v) is 5.01. The Balaban J connectivity index is 1.58. The van der Waals surface area contributed by atoms with Gasteiger partial charge in [-0.05, 0) is 24.3 Å². The van der Waals surface area contributed by atoms with E-state index in [1.165, 1.54) is 17.8 Å². The van der Waals surface area contributed by atoms with E-state index in [1.54, 1.807) is 29.2 Å². The average molecular weight is 379 g/mol. The van der Waals surface area contributed by atoms with Crippen LogP contribution in [0.2, 0.25) is 5.02 Å². The highest BCUT2D eigenvalue weighted by molar-refractivity contribution is 8.13. The Morgan fingerprint density at radius 3 is 2.80 bits per heavy atom. The second kappa shape index (κ2) is 8.36. The summed E-state index contributed by atoms with van der Waals surface area (Å²) in [6, 6.07) is 13.7. The van der Waals surface area contributed by atoms with Gasteiger partial charge in [-0.25, -0.2) is 4.39 Å². The number of carbonyl (C=O) groups is 1. The number of hydrogen-bond acceptors (Lipinski definition) is 4. The number of aliphatic imine (C=N–C) groups is 1. The van der Waals surface area contributed by atoms with Crippen LogP contribution in [-0.4, -0.2) is 35.7 Å². The first-order valence-corrected chi connectivity index (χ1v) is 9.10. The highest BCUT2D eigenvalue weighted by atomic mass is 35.5. The van der Waals surface area contributed by atoms with E-state index in [0.717, 1.165) is 0 Å². The number of benzene rings is 2. The molecule has 0 aromatic heterocycles. The van der Waals surface area contributed by atoms with Gasteiger partial charge in [0.15, 0.2) is 11.8 Å². The van der Waals surface area contributed by atoms with Crippen LogP contribution >= 0.6 is 23.4 Å². The summed E-state index contributed by atoms with van der Waals surface area (Å²) in [5, 5.41) is 0.942. The molecule has 7 heteroatoms. The van der Waals surface area contributed by atoms with Gasteiger partial charge in [0, 0.05) is 22.9 Å². The van der Waals surface area contributed by atoms with Crippen molar-refractivity contribution in [2.45, 2.75) is 5.75 Å². The fraction of sp³-hybridized carbons (Fsp3) is 0.222. The highest BCUT2D eigenvalue weighted by Gasteiger charge is 2.25. The van der Waals surface area contributed by atoms with Gasteiger partial charge in [0.25, 0.3) is 5.91 Å². The van der Waals surface area contributed by atoms with Crippen molar-refractivity contribution in [3.8, 4) is 5.75 Å². The van der Waals surface area contributed by atoms with Crippen LogP contribution in [-0.2, 0) is 10.5 Å². The molecule has 2 aromatic rings. The van der Waals surface area contributed by atoms with Crippen LogP contribution in [0, 0.1) is 5.82 Å². The Labute approximate surface area is 154 Å². The molecule has 0 atom stereocenters. The third-order valence-electron chi connectivity index (χ3n) is 3.62. The molecular formula is C18H16ClFN2O2S. The van der Waals surface area contributed by atoms with Crippen molar-refractivity contribution in [3.05, 3.63) is 64.9 Å². The lowest BCUT2D eigenvalue weighted by Crippen LogP contribution is -2.36. The molecule has 3 rings (SSSR count). The molecule has 0 saturated heterocycles. The van der Waals surface area contributed by atoms with E-state index in [9.17, 15) is 9.18 Å². The number of para-hydroxylation sites is 1. The summed E-state index contributed by atoms with van der Waals surface area (Å²) in [7, 11) is 0. The van der Waals surface area contributed by atoms with Crippen LogP contribution in [0.4, 0.5) is 4.39 Å². The van der Waals surface area contributed by atoms with Crippen LogP contribution in [0.15, 0.2) is 53.5 Å². The molecule has 130 valence electrons. The Hall–Kier alpha value is -2.05. The predicted octanol–water partition coefficient (Wildman–Crippen LogP) is 3.99. The van der Waals surface area contributed by atoms with E-state index in [0.29, 0.717) is 40.3 Å². The largest absolute Gasteiger partial charge is 0.484 e. The van der Waals surface area contributed by atoms with Crippen LogP contribution < -0.4 is 4.74 Å². The number of amidine groups is 1. The molecule has 0 fully saturated rings. The summed E-state index contributed by atoms with van der Waals surface area (Å²) < 4.78 is 19.3. The topological polar surface area (TPSA) is 41.9 Å². The molecule has 1 heterocycles. The van der Waals surface area contributed by atoms with Gasteiger partial charge in [-0.2, -0.15) is 0 Å². The number of carbonyl (C=O) groups excluding carboxylic acids is 1. The van der Waals surface area contributed by atoms with E-state index in [4.69, 9.17) is 16.3 Å². The molecule has 25 heavy (non-hydrogen) atoms. The Kier molecular flexibility index (Phi) is 5.94. The predicted molar refractivity (Wildman–Crippen MR) is 98.7 cm³/mol. The SMILES string of the molecule is O=C(COc1ccccc1)N1CCN=C1SCc1c(F)cccc1Cl. The second-order valence-corrected chi connectivity index (χ2v) is 6.65. The molecule has 2 aromatic carbocycles. The maximum atomic E-state index is 13.9. The van der Waals surface area contributed by atoms with E-state index < -0.39 is 0 Å². The average Bonchev–Trinajstić information content (AvgIpc) is 3.09. The van der Waals surface area contributed by atoms with Gasteiger partial charge in [-0.3, -0.25) is 14.7 Å². The van der Waals surface area contributed by atoms with E-state index in [-0.39, 0.29) is 18.3 Å². The molecular weight excluding hydrogens is 363 g/mol. The van der Waals surface area contributed by atoms with Gasteiger partial charge >= 0.3 is 0 Å². The van der Waals surface area contributed by atoms with Crippen LogP contribution in [0.25, 0.3) is 0 Å². The van der Waals surface area contributed by atoms with Gasteiger partial charge in [-0.1, -0.05) is 47.6 Å². The molecule has 0 saturated carbocycles. The summed E-state index contributed by atoms with van der Waals surface area (Å²) in [5.41, 5.74) is 0.414. The molecule has 0 aliphatic carbocycles. The Morgan fingerprint density at radius 2 is 2.04 bits per heavy atom. The van der Waals surface area contributed by atoms with Gasteiger partial charge in [0.2, 0.25) is 0 Å². The molecule has 0 radical (unpaired) electrons. The molecule has 0 bridgehead atoms. The summed E-state index contributed by atoms with van der Waals surface area (Å²) in [6.45, 7) is 0.971. The lowest BCUT2D eigenvalue weighted by Gasteiger charge is -2.18. The van der Waals surface area contributed by atoms with E-state index in [1.807, 2.05) is 18.2 Å². The Bertz CT molecular complexity index is 766. The molecule has 4 nitrogen and oxygen atoms in total. The number of hydrogen-bond donors (Lipinski definition) is 0. The van der Waals surface area contributed by atoms with E-state index in [2.05, 4.69) is 4.99 Å². The van der Waals surface area contributed by atoms with Crippen molar-refractivity contribution < 1.29 is 13.9 Å². The minimum atomic E-state index is -0.358. The van der Waals surface area contributed by atoms with Crippen molar-refractivity contribution in [3.63, 3.8) is 0 Å². The van der Waals surface area contributed by atoms with Crippen molar-refractivity contribution in [1.29, 1.82) is 0 Å². The maximum Gasteiger partial charge on any atom is 0.266 e. The molecule has 1 amide bonds. The van der Waals surface area contributed by atoms with E-state index >= 15 is 0 Å². The van der Waals surface area contributed by atoms with Crippen molar-refractivity contribution in [2.75, 3.05) is 19.7 Å². The van der Waals surface area contributed by atoms with Gasteiger partial charge in [-0.15, -0.1) is 0 Å². The first-order chi connectivity index (χ1) is 12.1. The van der Waals surface area contributed by atoms with Crippen molar-refractivity contribution in [1.82, 2.24) is 4.90 Å². The summed E-state index contributed by atoms with van der Waals surface area (Å²) in [4.78, 5) is 18.3. The second-order valence-electron chi connectivity index (χ2n) is 5.30. The minimum absolute atomic E-state index is 0.0654. The van der Waals surface area contributed by atoms with Crippen molar-refractivity contribution >= 4 is 34.4 Å². The number of halogens is 2. The quantitative estimate of drug-likeness (QED) is 0.790. The van der Waals surface area contributed by atoms with Gasteiger partial charge in [0.05, 0.1) is 6.54 Å². The summed E-state index contributed by atoms with van der Waals surface area (Å²) in [5.74, 6) is 0.420. The summed E-state index contributed by atoms with van der Waals surface area (Å²) in [6.07, 6.45) is 0. The highest BCUT2D eigenvalue weighted by Crippen LogP contribution is 2.26. The normalized spacial score (nSPS) is 13.7. The van der Waals surface area contributed by atoms with Crippen LogP contribution in [0.3, 0.4) is 0 Å². The van der Waals surface area contributed by atoms with Gasteiger partial charge < -0.3 is 4.74 Å². The Morgan fingerprint density at radius 1 is 1.24 bits per heavy atom. The zero-order valence-electron chi connectivity index (χ0n) is 13.3. The molecule has 0 spiro atoms. The van der Waals surface area contributed by atoms with Crippen LogP contribution in [0.5, 0.6) is 5.75 Å². The lowest BCUT2D eigenvalue weighted by atomic mass is 10.2. The van der Waals surface area contributed by atoms with Crippen molar-refractivity contribution in [2.24, 2.45) is 4.99 Å². The summed E-state index contributed by atoms with van der Waals surface area (Å²) >= 11 is 7.34. The number of amides is 1. The monoisotopic (exact) mass is 378 g/mol. The molecule has 1 aliphatic heterocycles. The number of ether oxygens (including phenoxy) is 1. The third kappa shape index (κ3) is 4.52. The zero-order valence-corrected chi connectivity index (χ0v) is 14.9. The number of thioether (sulfide) groups is 1. The molecule has 0 N–H and O–H groups in total. The fourth-order valence-corrected chi connectivity index (χ4v) is 3.74. The zero-order chi connectivity index (χ0) is 17.6. The van der Waals surface area contributed by atoms with Gasteiger partial charge in [0.1, 0.15) is 11.6 Å². The maximum absolute atomic E-state index is 13.9. The lowest BCUT2D eigenvalue weighted by molar-refractivity contribution is -0.128. The smallest absolute Gasteiger partial charge is 0.266 e. The van der Waals surface area contributed by atoms with Crippen LogP contribution in [0.1, 0.15) is 5.56 Å². The first-order valence-electron chi connectivity index (χ1n) is 7.73. The standard InChI is InChI=1S/C18H16ClFN2O2S/c19-15-7-4-8-16(20)14(15)12-25-18-21-9-10-22(18)17(23)11-24-13-5-2-1-3-6-13/h1-8H,9-12H2. The number of nitrogens with zero attached hydrogens (tertiary/aromatic N) is 2. The number of rotatable bonds is 5. The minimum Gasteiger partial charge on any atom is -0.484 e. The fourth-order valence-electron chi connectivity index (χ4n) is 2.33. The molecule has 0 unspecified atom stereocenters. The molecule has 1 aliphatic rings.